The molecule has 0 saturated carbocycles. The molecule has 4 atom stereocenters. The molecule has 1 saturated heterocycles. The number of imide groups is 1. The van der Waals surface area contributed by atoms with E-state index in [1.54, 1.807) is 24.3 Å². The van der Waals surface area contributed by atoms with Crippen LogP contribution in [0, 0.1) is 0 Å². The van der Waals surface area contributed by atoms with Gasteiger partial charge in [-0.1, -0.05) is 57.5 Å². The van der Waals surface area contributed by atoms with E-state index < -0.39 is 6.10 Å². The Labute approximate surface area is 132 Å². The molecule has 2 unspecified atom stereocenters. The standard InChI is InChI=1S/C16H15NO3P2/c18-15(12-9-5-2-6-10-12)17-13(11-7-3-1-4-8-11)14(16(17)19)20-22-21/h1-10,13-14,22H,21H2/t13-,14+/m0/s1. The Morgan fingerprint density at radius 1 is 1.05 bits per heavy atom. The van der Waals surface area contributed by atoms with Crippen LogP contribution in [0.15, 0.2) is 60.7 Å². The topological polar surface area (TPSA) is 46.6 Å². The van der Waals surface area contributed by atoms with Gasteiger partial charge >= 0.3 is 0 Å². The number of carbonyl (C=O) groups excluding carboxylic acids is 2. The van der Waals surface area contributed by atoms with Crippen molar-refractivity contribution in [3.8, 4) is 0 Å². The number of carbonyl (C=O) groups is 2. The van der Waals surface area contributed by atoms with E-state index >= 15 is 0 Å². The van der Waals surface area contributed by atoms with Gasteiger partial charge < -0.3 is 4.52 Å². The molecule has 0 aliphatic carbocycles. The Bertz CT molecular complexity index is 678. The number of rotatable bonds is 4. The summed E-state index contributed by atoms with van der Waals surface area (Å²) in [7, 11) is 2.58. The number of nitrogens with zero attached hydrogens (tertiary/aromatic N) is 1. The Kier molecular flexibility index (Phi) is 4.63. The molecule has 2 aromatic carbocycles. The van der Waals surface area contributed by atoms with Crippen LogP contribution in [0.25, 0.3) is 0 Å². The minimum absolute atomic E-state index is 0.121. The molecule has 0 bridgehead atoms. The first-order chi connectivity index (χ1) is 10.7. The van der Waals surface area contributed by atoms with E-state index in [1.165, 1.54) is 4.90 Å². The maximum atomic E-state index is 12.6. The van der Waals surface area contributed by atoms with E-state index in [0.29, 0.717) is 5.56 Å². The van der Waals surface area contributed by atoms with Gasteiger partial charge in [0.1, 0.15) is 6.04 Å². The molecular weight excluding hydrogens is 316 g/mol. The molecule has 1 aliphatic heterocycles. The van der Waals surface area contributed by atoms with Crippen LogP contribution in [0.4, 0.5) is 0 Å². The summed E-state index contributed by atoms with van der Waals surface area (Å²) in [5, 5.41) is 0. The number of likely N-dealkylation sites (tertiary alicyclic amines) is 1. The monoisotopic (exact) mass is 331 g/mol. The fraction of sp³-hybridized carbons (Fsp3) is 0.125. The van der Waals surface area contributed by atoms with Crippen LogP contribution in [0.1, 0.15) is 22.0 Å². The Morgan fingerprint density at radius 2 is 1.64 bits per heavy atom. The van der Waals surface area contributed by atoms with Gasteiger partial charge in [-0.25, -0.2) is 0 Å². The van der Waals surface area contributed by atoms with E-state index in [1.807, 2.05) is 36.4 Å². The second-order valence-corrected chi connectivity index (χ2v) is 6.07. The van der Waals surface area contributed by atoms with E-state index in [9.17, 15) is 9.59 Å². The molecule has 0 N–H and O–H groups in total. The first kappa shape index (κ1) is 15.3. The second-order valence-electron chi connectivity index (χ2n) is 4.89. The van der Waals surface area contributed by atoms with Gasteiger partial charge in [-0.15, -0.1) is 0 Å². The molecule has 6 heteroatoms. The van der Waals surface area contributed by atoms with Crippen molar-refractivity contribution in [2.45, 2.75) is 12.1 Å². The van der Waals surface area contributed by atoms with Crippen molar-refractivity contribution in [1.29, 1.82) is 0 Å². The van der Waals surface area contributed by atoms with Crippen LogP contribution in [0.2, 0.25) is 0 Å². The molecule has 22 heavy (non-hydrogen) atoms. The second kappa shape index (κ2) is 6.66. The summed E-state index contributed by atoms with van der Waals surface area (Å²) in [4.78, 5) is 26.2. The Balaban J connectivity index is 1.92. The lowest BCUT2D eigenvalue weighted by Crippen LogP contribution is -2.61. The van der Waals surface area contributed by atoms with E-state index in [4.69, 9.17) is 4.52 Å². The molecule has 0 spiro atoms. The van der Waals surface area contributed by atoms with Crippen LogP contribution >= 0.6 is 17.4 Å². The van der Waals surface area contributed by atoms with Crippen LogP contribution in [0.5, 0.6) is 0 Å². The molecule has 1 aliphatic rings. The van der Waals surface area contributed by atoms with E-state index in [0.717, 1.165) is 5.56 Å². The van der Waals surface area contributed by atoms with Gasteiger partial charge in [-0.05, 0) is 17.7 Å². The van der Waals surface area contributed by atoms with Crippen LogP contribution in [-0.2, 0) is 9.32 Å². The van der Waals surface area contributed by atoms with Gasteiger partial charge in [0.15, 0.2) is 6.10 Å². The van der Waals surface area contributed by atoms with Gasteiger partial charge in [-0.3, -0.25) is 14.5 Å². The summed E-state index contributed by atoms with van der Waals surface area (Å²) in [6, 6.07) is 18.0. The number of β-lactam (4-membered cyclic amide) rings is 1. The number of amides is 2. The highest BCUT2D eigenvalue weighted by molar-refractivity contribution is 8.00. The summed E-state index contributed by atoms with van der Waals surface area (Å²) in [5.74, 6) is -0.566. The van der Waals surface area contributed by atoms with E-state index in [-0.39, 0.29) is 26.4 Å². The third kappa shape index (κ3) is 2.70. The zero-order chi connectivity index (χ0) is 15.5. The first-order valence-corrected chi connectivity index (χ1v) is 9.54. The predicted molar refractivity (Wildman–Crippen MR) is 89.7 cm³/mol. The van der Waals surface area contributed by atoms with Gasteiger partial charge in [0.25, 0.3) is 11.8 Å². The summed E-state index contributed by atoms with van der Waals surface area (Å²) < 4.78 is 5.52. The highest BCUT2D eigenvalue weighted by Crippen LogP contribution is 2.42. The number of hydrogen-bond donors (Lipinski definition) is 0. The van der Waals surface area contributed by atoms with Crippen LogP contribution in [-0.4, -0.2) is 22.8 Å². The number of hydrogen-bond acceptors (Lipinski definition) is 3. The fourth-order valence-corrected chi connectivity index (χ4v) is 3.39. The van der Waals surface area contributed by atoms with Crippen molar-refractivity contribution >= 4 is 29.2 Å². The summed E-state index contributed by atoms with van der Waals surface area (Å²) in [6.07, 6.45) is -0.592. The molecule has 4 nitrogen and oxygen atoms in total. The molecule has 2 aromatic rings. The largest absolute Gasteiger partial charge is 0.343 e. The zero-order valence-electron chi connectivity index (χ0n) is 11.7. The van der Waals surface area contributed by atoms with Crippen molar-refractivity contribution in [1.82, 2.24) is 4.90 Å². The van der Waals surface area contributed by atoms with Gasteiger partial charge in [0.05, 0.1) is 0 Å². The summed E-state index contributed by atoms with van der Waals surface area (Å²) >= 11 is 0. The summed E-state index contributed by atoms with van der Waals surface area (Å²) in [5.41, 5.74) is 1.41. The predicted octanol–water partition coefficient (Wildman–Crippen LogP) is 3.18. The molecule has 3 rings (SSSR count). The maximum Gasteiger partial charge on any atom is 0.262 e. The third-order valence-electron chi connectivity index (χ3n) is 3.62. The minimum Gasteiger partial charge on any atom is -0.343 e. The average Bonchev–Trinajstić information content (AvgIpc) is 2.58. The van der Waals surface area contributed by atoms with Gasteiger partial charge in [-0.2, -0.15) is 0 Å². The lowest BCUT2D eigenvalue weighted by molar-refractivity contribution is -0.156. The molecular formula is C16H15NO3P2. The van der Waals surface area contributed by atoms with E-state index in [2.05, 4.69) is 8.93 Å². The molecule has 0 aromatic heterocycles. The van der Waals surface area contributed by atoms with Crippen molar-refractivity contribution in [2.75, 3.05) is 0 Å². The van der Waals surface area contributed by atoms with Crippen LogP contribution < -0.4 is 0 Å². The van der Waals surface area contributed by atoms with Gasteiger partial charge in [0, 0.05) is 14.1 Å². The Hall–Kier alpha value is -1.60. The average molecular weight is 331 g/mol. The number of benzene rings is 2. The Morgan fingerprint density at radius 3 is 2.23 bits per heavy atom. The van der Waals surface area contributed by atoms with Gasteiger partial charge in [0.2, 0.25) is 0 Å². The smallest absolute Gasteiger partial charge is 0.262 e. The highest BCUT2D eigenvalue weighted by atomic mass is 32.0. The molecule has 0 radical (unpaired) electrons. The fourth-order valence-electron chi connectivity index (χ4n) is 2.57. The van der Waals surface area contributed by atoms with Crippen LogP contribution in [0.3, 0.4) is 0 Å². The normalized spacial score (nSPS) is 21.1. The molecule has 1 fully saturated rings. The SMILES string of the molecule is O=C(c1ccccc1)N1C(=O)[C@H](OPP)[C@@H]1c1ccccc1. The maximum absolute atomic E-state index is 12.6. The minimum atomic E-state index is -0.592. The third-order valence-corrected chi connectivity index (χ3v) is 4.42. The molecule has 2 amide bonds. The summed E-state index contributed by atoms with van der Waals surface area (Å²) in [6.45, 7) is 0. The van der Waals surface area contributed by atoms with Crippen molar-refractivity contribution in [3.63, 3.8) is 0 Å². The lowest BCUT2D eigenvalue weighted by Gasteiger charge is -2.45. The molecule has 112 valence electrons. The molecule has 1 heterocycles. The first-order valence-electron chi connectivity index (χ1n) is 6.82. The van der Waals surface area contributed by atoms with Crippen molar-refractivity contribution < 1.29 is 14.1 Å². The van der Waals surface area contributed by atoms with Crippen molar-refractivity contribution in [3.05, 3.63) is 71.8 Å². The lowest BCUT2D eigenvalue weighted by atomic mass is 9.90. The highest BCUT2D eigenvalue weighted by Gasteiger charge is 2.52. The quantitative estimate of drug-likeness (QED) is 0.491. The van der Waals surface area contributed by atoms with Crippen molar-refractivity contribution in [2.24, 2.45) is 0 Å². The zero-order valence-corrected chi connectivity index (χ0v) is 13.8.